The third kappa shape index (κ3) is 3.05. The zero-order valence-corrected chi connectivity index (χ0v) is 11.1. The summed E-state index contributed by atoms with van der Waals surface area (Å²) in [5, 5.41) is 1.96. The molecule has 0 radical (unpaired) electrons. The number of sulfonamides is 1. The number of rotatable bonds is 2. The molecule has 0 fully saturated rings. The predicted octanol–water partition coefficient (Wildman–Crippen LogP) is 2.77. The van der Waals surface area contributed by atoms with Crippen molar-refractivity contribution in [1.29, 1.82) is 0 Å². The second-order valence-electron chi connectivity index (χ2n) is 3.22. The lowest BCUT2D eigenvalue weighted by atomic mass is 10.1. The van der Waals surface area contributed by atoms with Gasteiger partial charge in [0.15, 0.2) is 0 Å². The summed E-state index contributed by atoms with van der Waals surface area (Å²) >= 11 is 0. The molecule has 2 aromatic rings. The highest BCUT2D eigenvalue weighted by Gasteiger charge is 2.10. The van der Waals surface area contributed by atoms with Crippen LogP contribution in [0.5, 0.6) is 0 Å². The first-order valence-electron chi connectivity index (χ1n) is 5.56. The second-order valence-corrected chi connectivity index (χ2v) is 5.10. The van der Waals surface area contributed by atoms with Crippen LogP contribution >= 0.6 is 0 Å². The molecule has 0 saturated heterocycles. The van der Waals surface area contributed by atoms with Gasteiger partial charge in [0.05, 0.1) is 4.90 Å². The van der Waals surface area contributed by atoms with E-state index >= 15 is 0 Å². The Balaban J connectivity index is 0.000000686. The number of fused-ring (bicyclic) bond motifs is 1. The summed E-state index contributed by atoms with van der Waals surface area (Å²) in [6, 6.07) is 12.7. The zero-order valence-electron chi connectivity index (χ0n) is 10.3. The predicted molar refractivity (Wildman–Crippen MR) is 71.5 cm³/mol. The largest absolute Gasteiger partial charge is 0.240 e. The first kappa shape index (κ1) is 13.7. The molecule has 17 heavy (non-hydrogen) atoms. The van der Waals surface area contributed by atoms with E-state index in [0.29, 0.717) is 4.90 Å². The molecule has 0 atom stereocenters. The minimum absolute atomic E-state index is 0.295. The Morgan fingerprint density at radius 1 is 0.941 bits per heavy atom. The highest BCUT2D eigenvalue weighted by molar-refractivity contribution is 7.89. The van der Waals surface area contributed by atoms with Crippen LogP contribution in [0.1, 0.15) is 13.8 Å². The van der Waals surface area contributed by atoms with Crippen molar-refractivity contribution < 1.29 is 8.42 Å². The van der Waals surface area contributed by atoms with E-state index in [2.05, 4.69) is 4.72 Å². The van der Waals surface area contributed by atoms with Crippen molar-refractivity contribution >= 4 is 20.8 Å². The van der Waals surface area contributed by atoms with Crippen LogP contribution in [0.2, 0.25) is 0 Å². The standard InChI is InChI=1S/C11H11NO2S.C2H6/c1-12-15(13,14)11-7-6-9-4-2-3-5-10(9)8-11;1-2/h2-8,12H,1H3;1-2H3. The lowest BCUT2D eigenvalue weighted by Gasteiger charge is -2.03. The van der Waals surface area contributed by atoms with Crippen LogP contribution in [0.25, 0.3) is 10.8 Å². The smallest absolute Gasteiger partial charge is 0.214 e. The summed E-state index contributed by atoms with van der Waals surface area (Å²) in [7, 11) is -1.93. The average molecular weight is 251 g/mol. The van der Waals surface area contributed by atoms with Crippen LogP contribution < -0.4 is 4.72 Å². The lowest BCUT2D eigenvalue weighted by molar-refractivity contribution is 0.588. The van der Waals surface area contributed by atoms with E-state index in [9.17, 15) is 8.42 Å². The Labute approximate surface area is 103 Å². The minimum Gasteiger partial charge on any atom is -0.214 e. The van der Waals surface area contributed by atoms with Crippen LogP contribution in [-0.4, -0.2) is 15.5 Å². The maximum atomic E-state index is 11.5. The van der Waals surface area contributed by atoms with Gasteiger partial charge in [-0.1, -0.05) is 44.2 Å². The Morgan fingerprint density at radius 3 is 2.12 bits per heavy atom. The van der Waals surface area contributed by atoms with Gasteiger partial charge < -0.3 is 0 Å². The monoisotopic (exact) mass is 251 g/mol. The first-order chi connectivity index (χ1) is 8.13. The molecule has 0 bridgehead atoms. The summed E-state index contributed by atoms with van der Waals surface area (Å²) in [5.41, 5.74) is 0. The summed E-state index contributed by atoms with van der Waals surface area (Å²) in [5.74, 6) is 0. The van der Waals surface area contributed by atoms with Gasteiger partial charge in [-0.15, -0.1) is 0 Å². The third-order valence-electron chi connectivity index (χ3n) is 2.30. The van der Waals surface area contributed by atoms with Crippen molar-refractivity contribution in [2.24, 2.45) is 0 Å². The van der Waals surface area contributed by atoms with Crippen molar-refractivity contribution in [3.8, 4) is 0 Å². The molecule has 0 amide bonds. The Kier molecular flexibility index (Phi) is 4.66. The van der Waals surface area contributed by atoms with Gasteiger partial charge in [-0.3, -0.25) is 0 Å². The van der Waals surface area contributed by atoms with Gasteiger partial charge >= 0.3 is 0 Å². The van der Waals surface area contributed by atoms with E-state index < -0.39 is 10.0 Å². The molecule has 0 spiro atoms. The van der Waals surface area contributed by atoms with E-state index in [0.717, 1.165) is 10.8 Å². The Hall–Kier alpha value is -1.39. The molecule has 0 unspecified atom stereocenters. The van der Waals surface area contributed by atoms with Gasteiger partial charge in [0.2, 0.25) is 10.0 Å². The molecule has 2 aromatic carbocycles. The second kappa shape index (κ2) is 5.80. The highest BCUT2D eigenvalue weighted by atomic mass is 32.2. The fourth-order valence-corrected chi connectivity index (χ4v) is 2.22. The van der Waals surface area contributed by atoms with Gasteiger partial charge in [-0.25, -0.2) is 13.1 Å². The topological polar surface area (TPSA) is 46.2 Å². The summed E-state index contributed by atoms with van der Waals surface area (Å²) in [4.78, 5) is 0.295. The van der Waals surface area contributed by atoms with E-state index in [1.807, 2.05) is 38.1 Å². The molecule has 0 saturated carbocycles. The Bertz CT molecular complexity index is 591. The van der Waals surface area contributed by atoms with Gasteiger partial charge in [-0.05, 0) is 30.0 Å². The van der Waals surface area contributed by atoms with E-state index in [1.54, 1.807) is 18.2 Å². The molecule has 0 aliphatic carbocycles. The fraction of sp³-hybridized carbons (Fsp3) is 0.231. The molecular weight excluding hydrogens is 234 g/mol. The van der Waals surface area contributed by atoms with Crippen molar-refractivity contribution in [2.45, 2.75) is 18.7 Å². The number of nitrogens with one attached hydrogen (secondary N) is 1. The minimum atomic E-state index is -3.34. The number of hydrogen-bond donors (Lipinski definition) is 1. The van der Waals surface area contributed by atoms with Crippen LogP contribution in [0.15, 0.2) is 47.4 Å². The summed E-state index contributed by atoms with van der Waals surface area (Å²) in [6.45, 7) is 4.00. The SMILES string of the molecule is CC.CNS(=O)(=O)c1ccc2ccccc2c1. The fourth-order valence-electron chi connectivity index (χ4n) is 1.45. The molecule has 0 heterocycles. The van der Waals surface area contributed by atoms with Crippen LogP contribution in [0.3, 0.4) is 0 Å². The maximum Gasteiger partial charge on any atom is 0.240 e. The normalized spacial score (nSPS) is 10.8. The molecule has 0 aliphatic rings. The van der Waals surface area contributed by atoms with Crippen molar-refractivity contribution in [3.63, 3.8) is 0 Å². The summed E-state index contributed by atoms with van der Waals surface area (Å²) in [6.07, 6.45) is 0. The van der Waals surface area contributed by atoms with E-state index in [-0.39, 0.29) is 0 Å². The zero-order chi connectivity index (χ0) is 12.9. The lowest BCUT2D eigenvalue weighted by Crippen LogP contribution is -2.18. The number of benzene rings is 2. The molecule has 1 N–H and O–H groups in total. The highest BCUT2D eigenvalue weighted by Crippen LogP contribution is 2.18. The van der Waals surface area contributed by atoms with Gasteiger partial charge in [-0.2, -0.15) is 0 Å². The van der Waals surface area contributed by atoms with Crippen LogP contribution in [0.4, 0.5) is 0 Å². The van der Waals surface area contributed by atoms with Gasteiger partial charge in [0.25, 0.3) is 0 Å². The van der Waals surface area contributed by atoms with Crippen molar-refractivity contribution in [1.82, 2.24) is 4.72 Å². The quantitative estimate of drug-likeness (QED) is 0.892. The molecule has 2 rings (SSSR count). The molecule has 92 valence electrons. The summed E-state index contributed by atoms with van der Waals surface area (Å²) < 4.78 is 25.4. The van der Waals surface area contributed by atoms with Gasteiger partial charge in [0, 0.05) is 0 Å². The molecule has 3 nitrogen and oxygen atoms in total. The van der Waals surface area contributed by atoms with Crippen molar-refractivity contribution in [2.75, 3.05) is 7.05 Å². The van der Waals surface area contributed by atoms with Crippen LogP contribution in [0, 0.1) is 0 Å². The molecular formula is C13H17NO2S. The van der Waals surface area contributed by atoms with Crippen molar-refractivity contribution in [3.05, 3.63) is 42.5 Å². The van der Waals surface area contributed by atoms with Crippen LogP contribution in [-0.2, 0) is 10.0 Å². The Morgan fingerprint density at radius 2 is 1.53 bits per heavy atom. The van der Waals surface area contributed by atoms with E-state index in [4.69, 9.17) is 0 Å². The van der Waals surface area contributed by atoms with Gasteiger partial charge in [0.1, 0.15) is 0 Å². The first-order valence-corrected chi connectivity index (χ1v) is 7.04. The van der Waals surface area contributed by atoms with E-state index in [1.165, 1.54) is 7.05 Å². The molecule has 0 aromatic heterocycles. The molecule has 4 heteroatoms. The average Bonchev–Trinajstić information content (AvgIpc) is 2.40. The number of hydrogen-bond acceptors (Lipinski definition) is 2. The maximum absolute atomic E-state index is 11.5. The third-order valence-corrected chi connectivity index (χ3v) is 3.71. The molecule has 0 aliphatic heterocycles.